The fourth-order valence-electron chi connectivity index (χ4n) is 0.901. The van der Waals surface area contributed by atoms with E-state index in [0.717, 1.165) is 0 Å². The van der Waals surface area contributed by atoms with Gasteiger partial charge in [-0.25, -0.2) is 0 Å². The molecule has 60 valence electrons. The van der Waals surface area contributed by atoms with Gasteiger partial charge in [-0.3, -0.25) is 0 Å². The Labute approximate surface area is 62.2 Å². The predicted molar refractivity (Wildman–Crippen MR) is 41.7 cm³/mol. The van der Waals surface area contributed by atoms with Gasteiger partial charge >= 0.3 is 0 Å². The molecule has 0 heterocycles. The van der Waals surface area contributed by atoms with Crippen molar-refractivity contribution in [2.45, 2.75) is 25.9 Å². The van der Waals surface area contributed by atoms with E-state index in [1.807, 2.05) is 6.92 Å². The molecule has 0 aromatic rings. The van der Waals surface area contributed by atoms with Gasteiger partial charge in [0.15, 0.2) is 0 Å². The average Bonchev–Trinajstić information content (AvgIpc) is 1.99. The van der Waals surface area contributed by atoms with Gasteiger partial charge in [0.1, 0.15) is 0 Å². The maximum absolute atomic E-state index is 9.24. The zero-order valence-electron chi connectivity index (χ0n) is 6.45. The first-order valence-electron chi connectivity index (χ1n) is 3.66. The van der Waals surface area contributed by atoms with Crippen molar-refractivity contribution in [2.75, 3.05) is 6.61 Å². The molecular weight excluding hydrogens is 128 g/mol. The van der Waals surface area contributed by atoms with Gasteiger partial charge in [-0.2, -0.15) is 0 Å². The van der Waals surface area contributed by atoms with E-state index < -0.39 is 0 Å². The molecule has 0 bridgehead atoms. The largest absolute Gasteiger partial charge is 0.396 e. The first-order chi connectivity index (χ1) is 4.76. The predicted octanol–water partition coefficient (Wildman–Crippen LogP) is 0.942. The van der Waals surface area contributed by atoms with Gasteiger partial charge in [0.2, 0.25) is 0 Å². The Bertz CT molecular complexity index is 91.3. The van der Waals surface area contributed by atoms with Gasteiger partial charge in [-0.1, -0.05) is 13.0 Å². The monoisotopic (exact) mass is 144 g/mol. The Kier molecular flexibility index (Phi) is 5.26. The molecule has 2 atom stereocenters. The van der Waals surface area contributed by atoms with Crippen LogP contribution in [0.5, 0.6) is 0 Å². The third kappa shape index (κ3) is 2.99. The second kappa shape index (κ2) is 5.45. The maximum atomic E-state index is 9.24. The van der Waals surface area contributed by atoms with Crippen LogP contribution in [0.2, 0.25) is 0 Å². The molecule has 0 radical (unpaired) electrons. The molecular formula is C8H16O2. The Balaban J connectivity index is 3.67. The number of hydrogen-bond donors (Lipinski definition) is 2. The van der Waals surface area contributed by atoms with Gasteiger partial charge in [-0.05, 0) is 12.8 Å². The Morgan fingerprint density at radius 2 is 2.20 bits per heavy atom. The number of hydrogen-bond acceptors (Lipinski definition) is 2. The lowest BCUT2D eigenvalue weighted by molar-refractivity contribution is 0.0661. The average molecular weight is 144 g/mol. The van der Waals surface area contributed by atoms with Crippen LogP contribution >= 0.6 is 0 Å². The van der Waals surface area contributed by atoms with E-state index in [9.17, 15) is 5.11 Å². The van der Waals surface area contributed by atoms with Gasteiger partial charge < -0.3 is 10.2 Å². The van der Waals surface area contributed by atoms with Crippen molar-refractivity contribution in [2.24, 2.45) is 5.92 Å². The number of allylic oxidation sites excluding steroid dienone is 1. The van der Waals surface area contributed by atoms with Crippen molar-refractivity contribution in [1.29, 1.82) is 0 Å². The number of aliphatic hydroxyl groups excluding tert-OH is 2. The highest BCUT2D eigenvalue weighted by Gasteiger charge is 2.13. The molecule has 0 aliphatic heterocycles. The lowest BCUT2D eigenvalue weighted by atomic mass is 9.98. The van der Waals surface area contributed by atoms with Crippen molar-refractivity contribution in [3.05, 3.63) is 12.7 Å². The highest BCUT2D eigenvalue weighted by molar-refractivity contribution is 4.76. The molecule has 0 spiro atoms. The maximum Gasteiger partial charge on any atom is 0.0590 e. The molecule has 0 aliphatic rings. The summed E-state index contributed by atoms with van der Waals surface area (Å²) in [4.78, 5) is 0. The molecule has 0 aromatic heterocycles. The molecule has 0 unspecified atom stereocenters. The van der Waals surface area contributed by atoms with Crippen LogP contribution in [-0.2, 0) is 0 Å². The Morgan fingerprint density at radius 1 is 1.60 bits per heavy atom. The lowest BCUT2D eigenvalue weighted by Gasteiger charge is -2.17. The normalized spacial score (nSPS) is 16.3. The molecule has 0 amide bonds. The van der Waals surface area contributed by atoms with Crippen molar-refractivity contribution in [3.63, 3.8) is 0 Å². The van der Waals surface area contributed by atoms with E-state index in [1.165, 1.54) is 0 Å². The zero-order chi connectivity index (χ0) is 7.98. The number of rotatable bonds is 5. The zero-order valence-corrected chi connectivity index (χ0v) is 6.45. The van der Waals surface area contributed by atoms with Crippen molar-refractivity contribution < 1.29 is 10.2 Å². The van der Waals surface area contributed by atoms with E-state index in [1.54, 1.807) is 6.08 Å². The molecule has 2 N–H and O–H groups in total. The molecule has 0 aliphatic carbocycles. The summed E-state index contributed by atoms with van der Waals surface area (Å²) in [5, 5.41) is 18.0. The third-order valence-corrected chi connectivity index (χ3v) is 1.67. The minimum atomic E-state index is -0.386. The second-order valence-corrected chi connectivity index (χ2v) is 2.44. The first-order valence-corrected chi connectivity index (χ1v) is 3.66. The fourth-order valence-corrected chi connectivity index (χ4v) is 0.901. The summed E-state index contributed by atoms with van der Waals surface area (Å²) in [6.45, 7) is 5.48. The summed E-state index contributed by atoms with van der Waals surface area (Å²) in [5.74, 6) is -0.0255. The highest BCUT2D eigenvalue weighted by Crippen LogP contribution is 2.11. The fraction of sp³-hybridized carbons (Fsp3) is 0.750. The Hall–Kier alpha value is -0.340. The molecule has 0 saturated heterocycles. The third-order valence-electron chi connectivity index (χ3n) is 1.67. The van der Waals surface area contributed by atoms with Crippen LogP contribution in [0.4, 0.5) is 0 Å². The SMILES string of the molecule is C=CC[C@@H](CO)[C@@H](O)CC. The van der Waals surface area contributed by atoms with Crippen molar-refractivity contribution in [1.82, 2.24) is 0 Å². The standard InChI is InChI=1S/C8H16O2/c1-3-5-7(6-9)8(10)4-2/h3,7-10H,1,4-6H2,2H3/t7-,8-/m0/s1. The van der Waals surface area contributed by atoms with Gasteiger partial charge in [0.05, 0.1) is 6.10 Å². The molecule has 2 heteroatoms. The van der Waals surface area contributed by atoms with Crippen LogP contribution in [0.1, 0.15) is 19.8 Å². The van der Waals surface area contributed by atoms with Crippen molar-refractivity contribution >= 4 is 0 Å². The minimum Gasteiger partial charge on any atom is -0.396 e. The van der Waals surface area contributed by atoms with Crippen LogP contribution in [0.3, 0.4) is 0 Å². The van der Waals surface area contributed by atoms with Gasteiger partial charge in [0.25, 0.3) is 0 Å². The van der Waals surface area contributed by atoms with Crippen molar-refractivity contribution in [3.8, 4) is 0 Å². The van der Waals surface area contributed by atoms with Crippen LogP contribution in [0, 0.1) is 5.92 Å². The summed E-state index contributed by atoms with van der Waals surface area (Å²) >= 11 is 0. The smallest absolute Gasteiger partial charge is 0.0590 e. The summed E-state index contributed by atoms with van der Waals surface area (Å²) < 4.78 is 0. The topological polar surface area (TPSA) is 40.5 Å². The first kappa shape index (κ1) is 9.66. The summed E-state index contributed by atoms with van der Waals surface area (Å²) in [5.41, 5.74) is 0. The summed E-state index contributed by atoms with van der Waals surface area (Å²) in [6.07, 6.45) is 2.72. The van der Waals surface area contributed by atoms with E-state index in [-0.39, 0.29) is 18.6 Å². The quantitative estimate of drug-likeness (QED) is 0.564. The molecule has 0 rings (SSSR count). The van der Waals surface area contributed by atoms with Crippen LogP contribution < -0.4 is 0 Å². The van der Waals surface area contributed by atoms with E-state index in [2.05, 4.69) is 6.58 Å². The highest BCUT2D eigenvalue weighted by atomic mass is 16.3. The molecule has 10 heavy (non-hydrogen) atoms. The molecule has 0 saturated carbocycles. The Morgan fingerprint density at radius 3 is 2.50 bits per heavy atom. The molecule has 0 fully saturated rings. The summed E-state index contributed by atoms with van der Waals surface area (Å²) in [7, 11) is 0. The van der Waals surface area contributed by atoms with Crippen LogP contribution in [0.25, 0.3) is 0 Å². The van der Waals surface area contributed by atoms with E-state index in [4.69, 9.17) is 5.11 Å². The van der Waals surface area contributed by atoms with Gasteiger partial charge in [-0.15, -0.1) is 6.58 Å². The van der Waals surface area contributed by atoms with E-state index >= 15 is 0 Å². The minimum absolute atomic E-state index is 0.0255. The van der Waals surface area contributed by atoms with E-state index in [0.29, 0.717) is 12.8 Å². The lowest BCUT2D eigenvalue weighted by Crippen LogP contribution is -2.22. The number of aliphatic hydroxyl groups is 2. The molecule has 2 nitrogen and oxygen atoms in total. The molecule has 0 aromatic carbocycles. The van der Waals surface area contributed by atoms with Crippen LogP contribution in [0.15, 0.2) is 12.7 Å². The summed E-state index contributed by atoms with van der Waals surface area (Å²) in [6, 6.07) is 0. The second-order valence-electron chi connectivity index (χ2n) is 2.44. The van der Waals surface area contributed by atoms with Crippen LogP contribution in [-0.4, -0.2) is 22.9 Å². The van der Waals surface area contributed by atoms with Gasteiger partial charge in [0, 0.05) is 12.5 Å².